The van der Waals surface area contributed by atoms with Crippen LogP contribution in [0, 0.1) is 6.92 Å². The van der Waals surface area contributed by atoms with Crippen LogP contribution in [0.25, 0.3) is 0 Å². The van der Waals surface area contributed by atoms with Gasteiger partial charge < -0.3 is 24.4 Å². The maximum atomic E-state index is 9.10. The van der Waals surface area contributed by atoms with Gasteiger partial charge in [-0.15, -0.1) is 0 Å². The monoisotopic (exact) mass is 419 g/mol. The number of carboxylic acid groups (broad SMARTS) is 2. The summed E-state index contributed by atoms with van der Waals surface area (Å²) in [7, 11) is 3.75. The lowest BCUT2D eigenvalue weighted by Gasteiger charge is -2.17. The molecule has 2 rings (SSSR count). The summed E-state index contributed by atoms with van der Waals surface area (Å²) in [4.78, 5) is 20.4. The van der Waals surface area contributed by atoms with E-state index in [4.69, 9.17) is 34.0 Å². The summed E-state index contributed by atoms with van der Waals surface area (Å²) in [6.07, 6.45) is 0. The molecular formula is C22H29NO7. The van der Waals surface area contributed by atoms with E-state index in [2.05, 4.69) is 36.2 Å². The lowest BCUT2D eigenvalue weighted by atomic mass is 10.2. The first kappa shape index (κ1) is 24.9. The summed E-state index contributed by atoms with van der Waals surface area (Å²) in [6, 6.07) is 16.4. The van der Waals surface area contributed by atoms with Crippen molar-refractivity contribution in [2.75, 3.05) is 40.5 Å². The maximum absolute atomic E-state index is 9.10. The first-order chi connectivity index (χ1) is 14.3. The van der Waals surface area contributed by atoms with Crippen LogP contribution in [0.1, 0.15) is 11.1 Å². The fourth-order valence-electron chi connectivity index (χ4n) is 2.40. The van der Waals surface area contributed by atoms with Crippen molar-refractivity contribution in [1.29, 1.82) is 0 Å². The second-order valence-corrected chi connectivity index (χ2v) is 6.45. The van der Waals surface area contributed by atoms with E-state index in [-0.39, 0.29) is 0 Å². The number of carbonyl (C=O) groups is 2. The number of aliphatic carboxylic acids is 2. The molecule has 2 aromatic carbocycles. The van der Waals surface area contributed by atoms with E-state index in [9.17, 15) is 0 Å². The van der Waals surface area contributed by atoms with Gasteiger partial charge in [0.05, 0.1) is 20.3 Å². The van der Waals surface area contributed by atoms with Gasteiger partial charge in [-0.3, -0.25) is 4.90 Å². The highest BCUT2D eigenvalue weighted by molar-refractivity contribution is 6.27. The molecule has 0 fully saturated rings. The maximum Gasteiger partial charge on any atom is 0.414 e. The quantitative estimate of drug-likeness (QED) is 0.447. The first-order valence-corrected chi connectivity index (χ1v) is 9.37. The fraction of sp³-hybridized carbons (Fsp3) is 0.364. The number of benzene rings is 2. The lowest BCUT2D eigenvalue weighted by molar-refractivity contribution is -0.159. The van der Waals surface area contributed by atoms with Crippen molar-refractivity contribution in [1.82, 2.24) is 4.90 Å². The number of nitrogens with zero attached hydrogens (tertiary/aromatic N) is 1. The van der Waals surface area contributed by atoms with Crippen LogP contribution in [-0.4, -0.2) is 67.6 Å². The number of aryl methyl sites for hydroxylation is 1. The molecule has 0 saturated heterocycles. The zero-order valence-corrected chi connectivity index (χ0v) is 17.5. The molecule has 2 aromatic rings. The summed E-state index contributed by atoms with van der Waals surface area (Å²) >= 11 is 0. The topological polar surface area (TPSA) is 106 Å². The van der Waals surface area contributed by atoms with Gasteiger partial charge in [-0.2, -0.15) is 0 Å². The Morgan fingerprint density at radius 3 is 2.20 bits per heavy atom. The second kappa shape index (κ2) is 14.0. The molecule has 0 spiro atoms. The molecule has 0 aliphatic carbocycles. The van der Waals surface area contributed by atoms with Crippen molar-refractivity contribution in [3.05, 3.63) is 59.7 Å². The van der Waals surface area contributed by atoms with Crippen LogP contribution in [0.15, 0.2) is 48.5 Å². The van der Waals surface area contributed by atoms with Gasteiger partial charge in [0.2, 0.25) is 0 Å². The van der Waals surface area contributed by atoms with E-state index >= 15 is 0 Å². The number of ether oxygens (including phenoxy) is 3. The minimum atomic E-state index is -1.82. The molecule has 30 heavy (non-hydrogen) atoms. The van der Waals surface area contributed by atoms with Gasteiger partial charge in [-0.25, -0.2) is 9.59 Å². The number of methoxy groups -OCH3 is 1. The van der Waals surface area contributed by atoms with Crippen LogP contribution >= 0.6 is 0 Å². The summed E-state index contributed by atoms with van der Waals surface area (Å²) < 4.78 is 16.7. The molecule has 164 valence electrons. The second-order valence-electron chi connectivity index (χ2n) is 6.45. The normalized spacial score (nSPS) is 10.1. The zero-order valence-electron chi connectivity index (χ0n) is 17.5. The van der Waals surface area contributed by atoms with Gasteiger partial charge in [0.25, 0.3) is 0 Å². The summed E-state index contributed by atoms with van der Waals surface area (Å²) in [6.45, 7) is 5.63. The highest BCUT2D eigenvalue weighted by Gasteiger charge is 2.05. The van der Waals surface area contributed by atoms with Crippen LogP contribution in [0.2, 0.25) is 0 Å². The van der Waals surface area contributed by atoms with E-state index < -0.39 is 11.9 Å². The van der Waals surface area contributed by atoms with Crippen LogP contribution in [-0.2, 0) is 20.9 Å². The van der Waals surface area contributed by atoms with Crippen molar-refractivity contribution in [2.24, 2.45) is 0 Å². The van der Waals surface area contributed by atoms with Crippen molar-refractivity contribution in [3.8, 4) is 11.5 Å². The van der Waals surface area contributed by atoms with Gasteiger partial charge in [-0.05, 0) is 37.2 Å². The van der Waals surface area contributed by atoms with Crippen molar-refractivity contribution in [2.45, 2.75) is 13.5 Å². The summed E-state index contributed by atoms with van der Waals surface area (Å²) in [5.41, 5.74) is 2.46. The van der Waals surface area contributed by atoms with E-state index in [0.717, 1.165) is 30.2 Å². The molecular weight excluding hydrogens is 390 g/mol. The van der Waals surface area contributed by atoms with E-state index in [1.807, 2.05) is 31.2 Å². The largest absolute Gasteiger partial charge is 0.493 e. The van der Waals surface area contributed by atoms with Gasteiger partial charge in [-0.1, -0.05) is 36.4 Å². The predicted octanol–water partition coefficient (Wildman–Crippen LogP) is 2.69. The van der Waals surface area contributed by atoms with Crippen molar-refractivity contribution >= 4 is 11.9 Å². The lowest BCUT2D eigenvalue weighted by Crippen LogP contribution is -2.23. The van der Waals surface area contributed by atoms with Gasteiger partial charge in [0.15, 0.2) is 11.5 Å². The average Bonchev–Trinajstić information content (AvgIpc) is 2.72. The SMILES string of the molecule is COc1cc(C)ccc1OCCOCCN(C)Cc1ccccc1.O=C(O)C(=O)O. The molecule has 0 aliphatic rings. The number of hydrogen-bond acceptors (Lipinski definition) is 6. The molecule has 8 nitrogen and oxygen atoms in total. The van der Waals surface area contributed by atoms with Gasteiger partial charge in [0.1, 0.15) is 6.61 Å². The molecule has 0 unspecified atom stereocenters. The van der Waals surface area contributed by atoms with E-state index in [0.29, 0.717) is 19.8 Å². The third-order valence-electron chi connectivity index (χ3n) is 3.90. The van der Waals surface area contributed by atoms with Gasteiger partial charge in [0, 0.05) is 13.1 Å². The standard InChI is InChI=1S/C20H27NO3.C2H2O4/c1-17-9-10-19(20(15-17)22-3)24-14-13-23-12-11-21(2)16-18-7-5-4-6-8-18;3-1(4)2(5)6/h4-10,15H,11-14,16H2,1-3H3;(H,3,4)(H,5,6). The molecule has 0 amide bonds. The molecule has 0 saturated carbocycles. The third-order valence-corrected chi connectivity index (χ3v) is 3.90. The van der Waals surface area contributed by atoms with Crippen LogP contribution in [0.4, 0.5) is 0 Å². The minimum Gasteiger partial charge on any atom is -0.493 e. The Morgan fingerprint density at radius 1 is 0.933 bits per heavy atom. The molecule has 0 aliphatic heterocycles. The first-order valence-electron chi connectivity index (χ1n) is 9.37. The highest BCUT2D eigenvalue weighted by Crippen LogP contribution is 2.27. The molecule has 0 atom stereocenters. The van der Waals surface area contributed by atoms with Crippen LogP contribution < -0.4 is 9.47 Å². The Labute approximate surface area is 176 Å². The fourth-order valence-corrected chi connectivity index (χ4v) is 2.40. The van der Waals surface area contributed by atoms with E-state index in [1.165, 1.54) is 5.56 Å². The Morgan fingerprint density at radius 2 is 1.60 bits per heavy atom. The average molecular weight is 419 g/mol. The predicted molar refractivity (Wildman–Crippen MR) is 112 cm³/mol. The Hall–Kier alpha value is -3.10. The van der Waals surface area contributed by atoms with Crippen LogP contribution in [0.5, 0.6) is 11.5 Å². The zero-order chi connectivity index (χ0) is 22.4. The minimum absolute atomic E-state index is 0.516. The molecule has 0 aromatic heterocycles. The molecule has 0 bridgehead atoms. The number of rotatable bonds is 10. The molecule has 0 heterocycles. The highest BCUT2D eigenvalue weighted by atomic mass is 16.5. The van der Waals surface area contributed by atoms with Crippen molar-refractivity contribution < 1.29 is 34.0 Å². The summed E-state index contributed by atoms with van der Waals surface area (Å²) in [5.74, 6) is -2.13. The number of likely N-dealkylation sites (N-methyl/N-ethyl adjacent to an activating group) is 1. The molecule has 2 N–H and O–H groups in total. The number of hydrogen-bond donors (Lipinski definition) is 2. The third kappa shape index (κ3) is 10.4. The Balaban J connectivity index is 0.000000656. The smallest absolute Gasteiger partial charge is 0.414 e. The van der Waals surface area contributed by atoms with Crippen LogP contribution in [0.3, 0.4) is 0 Å². The van der Waals surface area contributed by atoms with E-state index in [1.54, 1.807) is 7.11 Å². The summed E-state index contributed by atoms with van der Waals surface area (Å²) in [5, 5.41) is 14.8. The van der Waals surface area contributed by atoms with Gasteiger partial charge >= 0.3 is 11.9 Å². The molecule has 0 radical (unpaired) electrons. The Bertz CT molecular complexity index is 768. The molecule has 8 heteroatoms. The number of carboxylic acids is 2. The Kier molecular flexibility index (Phi) is 11.6. The van der Waals surface area contributed by atoms with Crippen molar-refractivity contribution in [3.63, 3.8) is 0 Å².